The first-order valence-electron chi connectivity index (χ1n) is 7.35. The highest BCUT2D eigenvalue weighted by molar-refractivity contribution is 14.0. The highest BCUT2D eigenvalue weighted by Gasteiger charge is 2.41. The van der Waals surface area contributed by atoms with Crippen molar-refractivity contribution in [2.45, 2.75) is 25.0 Å². The van der Waals surface area contributed by atoms with Gasteiger partial charge in [0.1, 0.15) is 5.75 Å². The summed E-state index contributed by atoms with van der Waals surface area (Å²) < 4.78 is 34.7. The topological polar surface area (TPSA) is 60.1 Å². The van der Waals surface area contributed by atoms with Crippen molar-refractivity contribution in [1.82, 2.24) is 4.90 Å². The molecule has 0 spiro atoms. The maximum Gasteiger partial charge on any atom is 0.387 e. The molecule has 1 aliphatic carbocycles. The largest absolute Gasteiger partial charge is 0.435 e. The van der Waals surface area contributed by atoms with E-state index in [1.54, 1.807) is 12.1 Å². The molecule has 23 heavy (non-hydrogen) atoms. The number of benzene rings is 1. The summed E-state index contributed by atoms with van der Waals surface area (Å²) in [5.41, 5.74) is 6.79. The predicted molar refractivity (Wildman–Crippen MR) is 93.6 cm³/mol. The van der Waals surface area contributed by atoms with Gasteiger partial charge in [-0.15, -0.1) is 24.0 Å². The first kappa shape index (κ1) is 18.2. The zero-order chi connectivity index (χ0) is 15.5. The lowest BCUT2D eigenvalue weighted by molar-refractivity contribution is -0.0504. The fourth-order valence-electron chi connectivity index (χ4n) is 2.69. The number of guanidine groups is 1. The molecule has 0 bridgehead atoms. The molecule has 1 aliphatic heterocycles. The van der Waals surface area contributed by atoms with Crippen molar-refractivity contribution >= 4 is 29.9 Å². The molecule has 1 aromatic carbocycles. The molecule has 1 heterocycles. The molecule has 0 radical (unpaired) electrons. The summed E-state index contributed by atoms with van der Waals surface area (Å²) in [5.74, 6) is 0.822. The average molecular weight is 439 g/mol. The van der Waals surface area contributed by atoms with Gasteiger partial charge in [0.2, 0.25) is 0 Å². The molecular weight excluding hydrogens is 419 g/mol. The van der Waals surface area contributed by atoms with E-state index in [-0.39, 0.29) is 41.7 Å². The van der Waals surface area contributed by atoms with E-state index in [1.165, 1.54) is 0 Å². The minimum Gasteiger partial charge on any atom is -0.435 e. The van der Waals surface area contributed by atoms with Gasteiger partial charge in [-0.2, -0.15) is 8.78 Å². The van der Waals surface area contributed by atoms with E-state index >= 15 is 0 Å². The third-order valence-corrected chi connectivity index (χ3v) is 3.92. The van der Waals surface area contributed by atoms with Gasteiger partial charge >= 0.3 is 6.61 Å². The van der Waals surface area contributed by atoms with Crippen molar-refractivity contribution in [1.29, 1.82) is 0 Å². The quantitative estimate of drug-likeness (QED) is 0.445. The van der Waals surface area contributed by atoms with Gasteiger partial charge in [-0.3, -0.25) is 0 Å². The second kappa shape index (κ2) is 8.09. The van der Waals surface area contributed by atoms with Crippen LogP contribution in [-0.4, -0.2) is 49.8 Å². The summed E-state index contributed by atoms with van der Waals surface area (Å²) >= 11 is 0. The zero-order valence-corrected chi connectivity index (χ0v) is 14.9. The molecule has 5 nitrogen and oxygen atoms in total. The number of nitrogens with zero attached hydrogens (tertiary/aromatic N) is 2. The molecule has 2 N–H and O–H groups in total. The molecule has 2 atom stereocenters. The Bertz CT molecular complexity index is 553. The van der Waals surface area contributed by atoms with Crippen LogP contribution in [0.1, 0.15) is 17.9 Å². The van der Waals surface area contributed by atoms with Gasteiger partial charge in [0.05, 0.1) is 19.3 Å². The summed E-state index contributed by atoms with van der Waals surface area (Å²) in [6.45, 7) is -0.0550. The number of halogens is 3. The number of ether oxygens (including phenoxy) is 2. The first-order chi connectivity index (χ1) is 10.6. The molecule has 0 amide bonds. The normalized spacial score (nSPS) is 24.3. The Morgan fingerprint density at radius 2 is 2.00 bits per heavy atom. The number of rotatable bonds is 4. The van der Waals surface area contributed by atoms with E-state index < -0.39 is 6.61 Å². The van der Waals surface area contributed by atoms with E-state index in [4.69, 9.17) is 10.5 Å². The lowest BCUT2D eigenvalue weighted by Gasteiger charge is -2.27. The summed E-state index contributed by atoms with van der Waals surface area (Å²) in [4.78, 5) is 6.50. The number of nitrogens with two attached hydrogens (primary N) is 1. The van der Waals surface area contributed by atoms with E-state index in [2.05, 4.69) is 9.73 Å². The molecule has 1 saturated carbocycles. The molecule has 128 valence electrons. The Morgan fingerprint density at radius 1 is 1.30 bits per heavy atom. The third kappa shape index (κ3) is 4.66. The zero-order valence-electron chi connectivity index (χ0n) is 12.5. The van der Waals surface area contributed by atoms with Crippen LogP contribution in [0.15, 0.2) is 29.3 Å². The van der Waals surface area contributed by atoms with Gasteiger partial charge in [-0.05, 0) is 18.1 Å². The molecule has 0 aromatic heterocycles. The predicted octanol–water partition coefficient (Wildman–Crippen LogP) is 2.41. The highest BCUT2D eigenvalue weighted by Crippen LogP contribution is 2.47. The van der Waals surface area contributed by atoms with Gasteiger partial charge in [0.25, 0.3) is 0 Å². The van der Waals surface area contributed by atoms with Crippen LogP contribution in [0, 0.1) is 0 Å². The van der Waals surface area contributed by atoms with E-state index in [9.17, 15) is 8.78 Å². The smallest absolute Gasteiger partial charge is 0.387 e. The monoisotopic (exact) mass is 439 g/mol. The molecule has 1 saturated heterocycles. The van der Waals surface area contributed by atoms with Crippen LogP contribution in [0.5, 0.6) is 5.75 Å². The van der Waals surface area contributed by atoms with E-state index in [0.29, 0.717) is 19.2 Å². The SMILES string of the molecule is I.NC(=N[C@H]1C[C@@H]1c1ccccc1OC(F)F)N1CCOCC1. The Labute approximate surface area is 150 Å². The van der Waals surface area contributed by atoms with E-state index in [0.717, 1.165) is 25.1 Å². The Balaban J connectivity index is 0.00000192. The van der Waals surface area contributed by atoms with Crippen molar-refractivity contribution in [3.8, 4) is 5.75 Å². The summed E-state index contributed by atoms with van der Waals surface area (Å²) in [5, 5.41) is 0. The number of para-hydroxylation sites is 1. The lowest BCUT2D eigenvalue weighted by atomic mass is 10.1. The molecule has 0 unspecified atom stereocenters. The standard InChI is InChI=1S/C15H19F2N3O2.HI/c16-14(17)22-13-4-2-1-3-10(13)11-9-12(11)19-15(18)20-5-7-21-8-6-20;/h1-4,11-12,14H,5-9H2,(H2,18,19);1H/t11-,12+;/m1./s1. The van der Waals surface area contributed by atoms with Gasteiger partial charge < -0.3 is 20.1 Å². The van der Waals surface area contributed by atoms with Gasteiger partial charge in [-0.1, -0.05) is 18.2 Å². The maximum absolute atomic E-state index is 12.4. The van der Waals surface area contributed by atoms with Crippen molar-refractivity contribution in [2.75, 3.05) is 26.3 Å². The molecule has 2 aliphatic rings. The molecule has 2 fully saturated rings. The van der Waals surface area contributed by atoms with Crippen LogP contribution >= 0.6 is 24.0 Å². The Morgan fingerprint density at radius 3 is 2.70 bits per heavy atom. The van der Waals surface area contributed by atoms with Crippen LogP contribution < -0.4 is 10.5 Å². The number of alkyl halides is 2. The maximum atomic E-state index is 12.4. The lowest BCUT2D eigenvalue weighted by Crippen LogP contribution is -2.45. The highest BCUT2D eigenvalue weighted by atomic mass is 127. The number of hydrogen-bond donors (Lipinski definition) is 1. The Hall–Kier alpha value is -1.16. The minimum absolute atomic E-state index is 0. The molecule has 1 aromatic rings. The van der Waals surface area contributed by atoms with Crippen LogP contribution in [0.4, 0.5) is 8.78 Å². The summed E-state index contributed by atoms with van der Waals surface area (Å²) in [6, 6.07) is 6.90. The van der Waals surface area contributed by atoms with Crippen LogP contribution in [0.3, 0.4) is 0 Å². The van der Waals surface area contributed by atoms with Crippen molar-refractivity contribution < 1.29 is 18.3 Å². The minimum atomic E-state index is -2.82. The van der Waals surface area contributed by atoms with Gasteiger partial charge in [-0.25, -0.2) is 4.99 Å². The molecule has 8 heteroatoms. The van der Waals surface area contributed by atoms with Crippen molar-refractivity contribution in [2.24, 2.45) is 10.7 Å². The number of morpholine rings is 1. The molecular formula is C15H20F2IN3O2. The van der Waals surface area contributed by atoms with Crippen molar-refractivity contribution in [3.05, 3.63) is 29.8 Å². The van der Waals surface area contributed by atoms with E-state index in [1.807, 2.05) is 17.0 Å². The van der Waals surface area contributed by atoms with Crippen molar-refractivity contribution in [3.63, 3.8) is 0 Å². The summed E-state index contributed by atoms with van der Waals surface area (Å²) in [6.07, 6.45) is 0.800. The van der Waals surface area contributed by atoms with Gasteiger partial charge in [0, 0.05) is 19.0 Å². The fraction of sp³-hybridized carbons (Fsp3) is 0.533. The average Bonchev–Trinajstić information content (AvgIpc) is 3.27. The second-order valence-electron chi connectivity index (χ2n) is 5.41. The number of aliphatic imine (C=N–C) groups is 1. The Kier molecular flexibility index (Phi) is 6.40. The fourth-order valence-corrected chi connectivity index (χ4v) is 2.69. The second-order valence-corrected chi connectivity index (χ2v) is 5.41. The van der Waals surface area contributed by atoms with Gasteiger partial charge in [0.15, 0.2) is 5.96 Å². The molecule has 3 rings (SSSR count). The van der Waals surface area contributed by atoms with Crippen LogP contribution in [0.25, 0.3) is 0 Å². The third-order valence-electron chi connectivity index (χ3n) is 3.92. The summed E-state index contributed by atoms with van der Waals surface area (Å²) in [7, 11) is 0. The first-order valence-corrected chi connectivity index (χ1v) is 7.35. The van der Waals surface area contributed by atoms with Crippen LogP contribution in [-0.2, 0) is 4.74 Å². The van der Waals surface area contributed by atoms with Crippen LogP contribution in [0.2, 0.25) is 0 Å². The number of hydrogen-bond acceptors (Lipinski definition) is 3.